The summed E-state index contributed by atoms with van der Waals surface area (Å²) in [5.74, 6) is 0.183. The average Bonchev–Trinajstić information content (AvgIpc) is 2.56. The Morgan fingerprint density at radius 2 is 2.06 bits per heavy atom. The SMILES string of the molecule is COc1c(NC2CCCNCC2)c(=O)c1=O. The van der Waals surface area contributed by atoms with E-state index in [0.29, 0.717) is 5.69 Å². The quantitative estimate of drug-likeness (QED) is 0.699. The molecule has 5 nitrogen and oxygen atoms in total. The van der Waals surface area contributed by atoms with E-state index in [4.69, 9.17) is 4.74 Å². The van der Waals surface area contributed by atoms with Crippen molar-refractivity contribution < 1.29 is 4.74 Å². The number of rotatable bonds is 3. The lowest BCUT2D eigenvalue weighted by atomic mass is 10.1. The minimum atomic E-state index is -0.517. The summed E-state index contributed by atoms with van der Waals surface area (Å²) in [5, 5.41) is 6.41. The Hall–Kier alpha value is -1.36. The lowest BCUT2D eigenvalue weighted by Crippen LogP contribution is -2.38. The normalized spacial score (nSPS) is 21.7. The standard InChI is InChI=1S/C11H16N2O3/c1-16-11-8(9(14)10(11)15)13-7-3-2-5-12-6-4-7/h7,12-13H,2-6H2,1H3. The van der Waals surface area contributed by atoms with Gasteiger partial charge in [-0.15, -0.1) is 0 Å². The van der Waals surface area contributed by atoms with Gasteiger partial charge in [-0.25, -0.2) is 0 Å². The molecule has 16 heavy (non-hydrogen) atoms. The van der Waals surface area contributed by atoms with Crippen molar-refractivity contribution in [3.05, 3.63) is 20.4 Å². The fourth-order valence-electron chi connectivity index (χ4n) is 2.06. The number of methoxy groups -OCH3 is 1. The summed E-state index contributed by atoms with van der Waals surface area (Å²) in [5.41, 5.74) is -0.606. The van der Waals surface area contributed by atoms with E-state index in [1.54, 1.807) is 0 Å². The highest BCUT2D eigenvalue weighted by Gasteiger charge is 2.24. The number of anilines is 1. The Morgan fingerprint density at radius 3 is 2.81 bits per heavy atom. The van der Waals surface area contributed by atoms with Gasteiger partial charge in [-0.05, 0) is 32.4 Å². The van der Waals surface area contributed by atoms with Crippen LogP contribution in [-0.2, 0) is 0 Å². The van der Waals surface area contributed by atoms with Crippen LogP contribution in [0.15, 0.2) is 9.59 Å². The molecule has 1 heterocycles. The van der Waals surface area contributed by atoms with E-state index < -0.39 is 10.9 Å². The van der Waals surface area contributed by atoms with E-state index in [9.17, 15) is 9.59 Å². The summed E-state index contributed by atoms with van der Waals surface area (Å²) in [7, 11) is 1.41. The molecule has 0 saturated carbocycles. The van der Waals surface area contributed by atoms with Crippen LogP contribution in [0.1, 0.15) is 19.3 Å². The zero-order valence-electron chi connectivity index (χ0n) is 9.34. The maximum absolute atomic E-state index is 11.3. The first-order chi connectivity index (χ1) is 7.74. The van der Waals surface area contributed by atoms with Crippen molar-refractivity contribution in [1.29, 1.82) is 0 Å². The first-order valence-electron chi connectivity index (χ1n) is 5.58. The van der Waals surface area contributed by atoms with Crippen LogP contribution < -0.4 is 26.2 Å². The maximum Gasteiger partial charge on any atom is 0.271 e. The zero-order chi connectivity index (χ0) is 11.5. The van der Waals surface area contributed by atoms with Gasteiger partial charge in [0.15, 0.2) is 5.75 Å². The highest BCUT2D eigenvalue weighted by atomic mass is 16.5. The number of hydrogen-bond acceptors (Lipinski definition) is 5. The van der Waals surface area contributed by atoms with Crippen LogP contribution in [0.2, 0.25) is 0 Å². The third kappa shape index (κ3) is 1.95. The molecule has 0 spiro atoms. The summed E-state index contributed by atoms with van der Waals surface area (Å²) in [6, 6.07) is 0.257. The fraction of sp³-hybridized carbons (Fsp3) is 0.636. The van der Waals surface area contributed by atoms with Crippen molar-refractivity contribution in [2.24, 2.45) is 0 Å². The van der Waals surface area contributed by atoms with Crippen LogP contribution in [-0.4, -0.2) is 26.2 Å². The largest absolute Gasteiger partial charge is 0.491 e. The van der Waals surface area contributed by atoms with Crippen molar-refractivity contribution in [3.63, 3.8) is 0 Å². The summed E-state index contributed by atoms with van der Waals surface area (Å²) in [6.45, 7) is 1.95. The van der Waals surface area contributed by atoms with Gasteiger partial charge >= 0.3 is 0 Å². The molecule has 1 aromatic rings. The molecule has 0 radical (unpaired) electrons. The van der Waals surface area contributed by atoms with Crippen LogP contribution in [0.5, 0.6) is 5.75 Å². The Bertz CT molecular complexity index is 426. The molecule has 2 N–H and O–H groups in total. The van der Waals surface area contributed by atoms with Gasteiger partial charge in [0.2, 0.25) is 0 Å². The molecular formula is C11H16N2O3. The third-order valence-electron chi connectivity index (χ3n) is 2.99. The van der Waals surface area contributed by atoms with Crippen LogP contribution in [0.4, 0.5) is 5.69 Å². The number of ether oxygens (including phenoxy) is 1. The second-order valence-corrected chi connectivity index (χ2v) is 4.09. The second-order valence-electron chi connectivity index (χ2n) is 4.09. The molecule has 0 bridgehead atoms. The second kappa shape index (κ2) is 4.65. The Balaban J connectivity index is 2.05. The topological polar surface area (TPSA) is 67.4 Å². The van der Waals surface area contributed by atoms with Gasteiger partial charge in [0.05, 0.1) is 7.11 Å². The molecule has 1 aliphatic rings. The molecular weight excluding hydrogens is 208 g/mol. The van der Waals surface area contributed by atoms with E-state index in [1.165, 1.54) is 7.11 Å². The molecule has 1 aliphatic heterocycles. The van der Waals surface area contributed by atoms with E-state index >= 15 is 0 Å². The summed E-state index contributed by atoms with van der Waals surface area (Å²) >= 11 is 0. The van der Waals surface area contributed by atoms with E-state index in [2.05, 4.69) is 10.6 Å². The lowest BCUT2D eigenvalue weighted by Gasteiger charge is -2.19. The monoisotopic (exact) mass is 224 g/mol. The minimum Gasteiger partial charge on any atom is -0.491 e. The average molecular weight is 224 g/mol. The highest BCUT2D eigenvalue weighted by molar-refractivity contribution is 5.62. The highest BCUT2D eigenvalue weighted by Crippen LogP contribution is 2.20. The first kappa shape index (κ1) is 11.1. The van der Waals surface area contributed by atoms with Crippen LogP contribution in [0.25, 0.3) is 0 Å². The summed E-state index contributed by atoms with van der Waals surface area (Å²) < 4.78 is 4.89. The van der Waals surface area contributed by atoms with Gasteiger partial charge in [0.25, 0.3) is 10.9 Å². The van der Waals surface area contributed by atoms with Crippen LogP contribution in [0, 0.1) is 0 Å². The Morgan fingerprint density at radius 1 is 1.25 bits per heavy atom. The van der Waals surface area contributed by atoms with Crippen molar-refractivity contribution in [1.82, 2.24) is 5.32 Å². The molecule has 1 aromatic carbocycles. The van der Waals surface area contributed by atoms with Crippen molar-refractivity contribution >= 4 is 5.69 Å². The van der Waals surface area contributed by atoms with Gasteiger partial charge < -0.3 is 15.4 Å². The zero-order valence-corrected chi connectivity index (χ0v) is 9.34. The molecule has 1 atom stereocenters. The van der Waals surface area contributed by atoms with Gasteiger partial charge in [-0.2, -0.15) is 0 Å². The van der Waals surface area contributed by atoms with E-state index in [1.807, 2.05) is 0 Å². The molecule has 1 fully saturated rings. The van der Waals surface area contributed by atoms with Gasteiger partial charge in [0.1, 0.15) is 5.69 Å². The molecule has 88 valence electrons. The summed E-state index contributed by atoms with van der Waals surface area (Å²) in [4.78, 5) is 22.5. The predicted octanol–water partition coefficient (Wildman–Crippen LogP) is -0.155. The minimum absolute atomic E-state index is 0.183. The number of hydrogen-bond donors (Lipinski definition) is 2. The van der Waals surface area contributed by atoms with Gasteiger partial charge in [-0.3, -0.25) is 9.59 Å². The predicted molar refractivity (Wildman–Crippen MR) is 62.0 cm³/mol. The fourth-order valence-corrected chi connectivity index (χ4v) is 2.06. The Labute approximate surface area is 93.5 Å². The number of nitrogens with one attached hydrogen (secondary N) is 2. The van der Waals surface area contributed by atoms with Gasteiger partial charge in [0, 0.05) is 6.04 Å². The van der Waals surface area contributed by atoms with Crippen LogP contribution in [0.3, 0.4) is 0 Å². The maximum atomic E-state index is 11.3. The van der Waals surface area contributed by atoms with Crippen molar-refractivity contribution in [2.75, 3.05) is 25.5 Å². The van der Waals surface area contributed by atoms with Crippen molar-refractivity contribution in [3.8, 4) is 5.75 Å². The van der Waals surface area contributed by atoms with E-state index in [0.717, 1.165) is 32.4 Å². The third-order valence-corrected chi connectivity index (χ3v) is 2.99. The summed E-state index contributed by atoms with van der Waals surface area (Å²) in [6.07, 6.45) is 3.05. The van der Waals surface area contributed by atoms with Crippen LogP contribution >= 0.6 is 0 Å². The molecule has 0 aliphatic carbocycles. The molecule has 0 aromatic heterocycles. The van der Waals surface area contributed by atoms with Crippen molar-refractivity contribution in [2.45, 2.75) is 25.3 Å². The smallest absolute Gasteiger partial charge is 0.271 e. The lowest BCUT2D eigenvalue weighted by molar-refractivity contribution is 0.406. The molecule has 5 heteroatoms. The molecule has 2 rings (SSSR count). The molecule has 1 saturated heterocycles. The molecule has 0 amide bonds. The first-order valence-corrected chi connectivity index (χ1v) is 5.58. The Kier molecular flexibility index (Phi) is 3.24. The van der Waals surface area contributed by atoms with Gasteiger partial charge in [-0.1, -0.05) is 0 Å². The van der Waals surface area contributed by atoms with E-state index in [-0.39, 0.29) is 11.8 Å². The molecule has 1 unspecified atom stereocenters.